The standard InChI is InChI=1S/C9H15NO2/c1-7(2)3-5-10-6-4-8(11)9(10)12/h7H,3-6H2,1-2H3. The van der Waals surface area contributed by atoms with Gasteiger partial charge in [-0.3, -0.25) is 9.59 Å². The zero-order valence-corrected chi connectivity index (χ0v) is 7.67. The molecular formula is C9H15NO2. The number of carbonyl (C=O) groups excluding carboxylic acids is 2. The van der Waals surface area contributed by atoms with Crippen LogP contribution in [0.4, 0.5) is 0 Å². The van der Waals surface area contributed by atoms with Crippen molar-refractivity contribution >= 4 is 11.7 Å². The molecule has 0 bridgehead atoms. The highest BCUT2D eigenvalue weighted by Crippen LogP contribution is 2.09. The van der Waals surface area contributed by atoms with Crippen molar-refractivity contribution in [1.82, 2.24) is 4.90 Å². The first kappa shape index (κ1) is 9.23. The fourth-order valence-corrected chi connectivity index (χ4v) is 1.25. The molecule has 0 aromatic heterocycles. The summed E-state index contributed by atoms with van der Waals surface area (Å²) in [5.41, 5.74) is 0. The number of amides is 1. The Balaban J connectivity index is 2.34. The predicted octanol–water partition coefficient (Wildman–Crippen LogP) is 0.834. The maximum Gasteiger partial charge on any atom is 0.290 e. The maximum atomic E-state index is 11.1. The van der Waals surface area contributed by atoms with Gasteiger partial charge in [-0.2, -0.15) is 0 Å². The Morgan fingerprint density at radius 1 is 1.42 bits per heavy atom. The number of carbonyl (C=O) groups is 2. The van der Waals surface area contributed by atoms with Gasteiger partial charge in [0, 0.05) is 19.5 Å². The van der Waals surface area contributed by atoms with Gasteiger partial charge < -0.3 is 4.90 Å². The van der Waals surface area contributed by atoms with Gasteiger partial charge in [0.05, 0.1) is 0 Å². The van der Waals surface area contributed by atoms with Gasteiger partial charge in [-0.15, -0.1) is 0 Å². The van der Waals surface area contributed by atoms with E-state index in [4.69, 9.17) is 0 Å². The third kappa shape index (κ3) is 2.06. The first-order valence-electron chi connectivity index (χ1n) is 4.43. The molecule has 0 saturated carbocycles. The number of ketones is 1. The van der Waals surface area contributed by atoms with Crippen molar-refractivity contribution in [2.24, 2.45) is 5.92 Å². The predicted molar refractivity (Wildman–Crippen MR) is 45.7 cm³/mol. The second kappa shape index (κ2) is 3.70. The van der Waals surface area contributed by atoms with Crippen LogP contribution in [0.5, 0.6) is 0 Å². The van der Waals surface area contributed by atoms with Crippen LogP contribution < -0.4 is 0 Å². The number of nitrogens with zero attached hydrogens (tertiary/aromatic N) is 1. The molecule has 1 amide bonds. The summed E-state index contributed by atoms with van der Waals surface area (Å²) in [6, 6.07) is 0. The zero-order valence-electron chi connectivity index (χ0n) is 7.67. The summed E-state index contributed by atoms with van der Waals surface area (Å²) in [5, 5.41) is 0. The molecule has 68 valence electrons. The van der Waals surface area contributed by atoms with Gasteiger partial charge in [0.2, 0.25) is 5.78 Å². The summed E-state index contributed by atoms with van der Waals surface area (Å²) in [6.07, 6.45) is 1.40. The monoisotopic (exact) mass is 169 g/mol. The molecule has 1 heterocycles. The minimum Gasteiger partial charge on any atom is -0.336 e. The average molecular weight is 169 g/mol. The van der Waals surface area contributed by atoms with E-state index in [9.17, 15) is 9.59 Å². The lowest BCUT2D eigenvalue weighted by atomic mass is 10.1. The van der Waals surface area contributed by atoms with Gasteiger partial charge in [-0.1, -0.05) is 13.8 Å². The lowest BCUT2D eigenvalue weighted by molar-refractivity contribution is -0.140. The molecule has 0 spiro atoms. The number of hydrogen-bond donors (Lipinski definition) is 0. The third-order valence-electron chi connectivity index (χ3n) is 2.11. The lowest BCUT2D eigenvalue weighted by Gasteiger charge is -2.15. The van der Waals surface area contributed by atoms with Crippen LogP contribution in [0, 0.1) is 5.92 Å². The minimum atomic E-state index is -0.282. The fraction of sp³-hybridized carbons (Fsp3) is 0.778. The molecule has 12 heavy (non-hydrogen) atoms. The molecule has 0 unspecified atom stereocenters. The van der Waals surface area contributed by atoms with E-state index in [1.54, 1.807) is 4.90 Å². The Kier molecular flexibility index (Phi) is 2.84. The molecule has 1 fully saturated rings. The zero-order chi connectivity index (χ0) is 9.14. The highest BCUT2D eigenvalue weighted by molar-refractivity contribution is 6.37. The van der Waals surface area contributed by atoms with Gasteiger partial charge in [-0.25, -0.2) is 0 Å². The van der Waals surface area contributed by atoms with Crippen LogP contribution >= 0.6 is 0 Å². The van der Waals surface area contributed by atoms with E-state index in [2.05, 4.69) is 13.8 Å². The van der Waals surface area contributed by atoms with E-state index in [0.717, 1.165) is 13.0 Å². The molecule has 1 rings (SSSR count). The summed E-state index contributed by atoms with van der Waals surface area (Å²) in [4.78, 5) is 23.6. The summed E-state index contributed by atoms with van der Waals surface area (Å²) in [7, 11) is 0. The first-order chi connectivity index (χ1) is 5.61. The van der Waals surface area contributed by atoms with E-state index < -0.39 is 0 Å². The normalized spacial score (nSPS) is 18.1. The molecule has 0 aromatic carbocycles. The van der Waals surface area contributed by atoms with Crippen LogP contribution in [-0.2, 0) is 9.59 Å². The van der Waals surface area contributed by atoms with Crippen LogP contribution in [0.1, 0.15) is 26.7 Å². The molecule has 0 atom stereocenters. The maximum absolute atomic E-state index is 11.1. The van der Waals surface area contributed by atoms with Crippen molar-refractivity contribution in [2.45, 2.75) is 26.7 Å². The fourth-order valence-electron chi connectivity index (χ4n) is 1.25. The molecule has 1 saturated heterocycles. The Labute approximate surface area is 72.7 Å². The molecule has 0 N–H and O–H groups in total. The molecule has 1 aliphatic rings. The highest BCUT2D eigenvalue weighted by atomic mass is 16.2. The van der Waals surface area contributed by atoms with E-state index in [0.29, 0.717) is 18.9 Å². The van der Waals surface area contributed by atoms with Crippen LogP contribution in [0.25, 0.3) is 0 Å². The minimum absolute atomic E-state index is 0.223. The van der Waals surface area contributed by atoms with Crippen LogP contribution in [0.2, 0.25) is 0 Å². The Morgan fingerprint density at radius 2 is 2.08 bits per heavy atom. The van der Waals surface area contributed by atoms with E-state index in [1.165, 1.54) is 0 Å². The van der Waals surface area contributed by atoms with E-state index in [1.807, 2.05) is 0 Å². The topological polar surface area (TPSA) is 37.4 Å². The second-order valence-electron chi connectivity index (χ2n) is 3.65. The van der Waals surface area contributed by atoms with Crippen LogP contribution in [-0.4, -0.2) is 29.7 Å². The molecule has 1 aliphatic heterocycles. The van der Waals surface area contributed by atoms with Crippen molar-refractivity contribution in [3.63, 3.8) is 0 Å². The van der Waals surface area contributed by atoms with Gasteiger partial charge >= 0.3 is 0 Å². The average Bonchev–Trinajstić information content (AvgIpc) is 2.30. The van der Waals surface area contributed by atoms with Gasteiger partial charge in [0.25, 0.3) is 5.91 Å². The van der Waals surface area contributed by atoms with Gasteiger partial charge in [0.1, 0.15) is 0 Å². The van der Waals surface area contributed by atoms with Crippen molar-refractivity contribution in [1.29, 1.82) is 0 Å². The molecule has 0 radical (unpaired) electrons. The number of likely N-dealkylation sites (tertiary alicyclic amines) is 1. The van der Waals surface area contributed by atoms with E-state index in [-0.39, 0.29) is 11.7 Å². The summed E-state index contributed by atoms with van der Waals surface area (Å²) in [5.74, 6) is 0.0860. The summed E-state index contributed by atoms with van der Waals surface area (Å²) < 4.78 is 0. The summed E-state index contributed by atoms with van der Waals surface area (Å²) >= 11 is 0. The largest absolute Gasteiger partial charge is 0.336 e. The van der Waals surface area contributed by atoms with Crippen LogP contribution in [0.15, 0.2) is 0 Å². The number of rotatable bonds is 3. The third-order valence-corrected chi connectivity index (χ3v) is 2.11. The van der Waals surface area contributed by atoms with Gasteiger partial charge in [0.15, 0.2) is 0 Å². The second-order valence-corrected chi connectivity index (χ2v) is 3.65. The summed E-state index contributed by atoms with van der Waals surface area (Å²) in [6.45, 7) is 5.59. The van der Waals surface area contributed by atoms with Crippen molar-refractivity contribution in [3.05, 3.63) is 0 Å². The first-order valence-corrected chi connectivity index (χ1v) is 4.43. The molecular weight excluding hydrogens is 154 g/mol. The molecule has 0 aliphatic carbocycles. The molecule has 3 nitrogen and oxygen atoms in total. The van der Waals surface area contributed by atoms with Gasteiger partial charge in [-0.05, 0) is 12.3 Å². The molecule has 3 heteroatoms. The highest BCUT2D eigenvalue weighted by Gasteiger charge is 2.28. The Bertz CT molecular complexity index is 199. The lowest BCUT2D eigenvalue weighted by Crippen LogP contribution is -2.29. The SMILES string of the molecule is CC(C)CCN1CCC(=O)C1=O. The molecule has 0 aromatic rings. The Hall–Kier alpha value is -0.860. The Morgan fingerprint density at radius 3 is 2.50 bits per heavy atom. The quantitative estimate of drug-likeness (QED) is 0.587. The number of Topliss-reactive ketones (excluding diaryl/α,β-unsaturated/α-hetero) is 1. The number of hydrogen-bond acceptors (Lipinski definition) is 2. The smallest absolute Gasteiger partial charge is 0.290 e. The van der Waals surface area contributed by atoms with Crippen molar-refractivity contribution < 1.29 is 9.59 Å². The van der Waals surface area contributed by atoms with E-state index >= 15 is 0 Å². The van der Waals surface area contributed by atoms with Crippen LogP contribution in [0.3, 0.4) is 0 Å². The van der Waals surface area contributed by atoms with Crippen molar-refractivity contribution in [3.8, 4) is 0 Å². The van der Waals surface area contributed by atoms with Crippen molar-refractivity contribution in [2.75, 3.05) is 13.1 Å².